The molecular formula is C13H17N3O4. The van der Waals surface area contributed by atoms with E-state index in [9.17, 15) is 9.59 Å². The lowest BCUT2D eigenvalue weighted by Gasteiger charge is -2.43. The summed E-state index contributed by atoms with van der Waals surface area (Å²) in [6, 6.07) is 1.56. The lowest BCUT2D eigenvalue weighted by molar-refractivity contribution is -0.144. The van der Waals surface area contributed by atoms with Crippen molar-refractivity contribution in [1.29, 1.82) is 0 Å². The summed E-state index contributed by atoms with van der Waals surface area (Å²) in [6.07, 6.45) is 1.52. The fourth-order valence-electron chi connectivity index (χ4n) is 2.89. The van der Waals surface area contributed by atoms with Gasteiger partial charge in [-0.05, 0) is 18.9 Å². The zero-order valence-corrected chi connectivity index (χ0v) is 11.3. The molecule has 1 spiro atoms. The molecule has 0 atom stereocenters. The summed E-state index contributed by atoms with van der Waals surface area (Å²) in [5.74, 6) is -0.934. The van der Waals surface area contributed by atoms with Gasteiger partial charge in [0.2, 0.25) is 5.91 Å². The molecule has 2 aliphatic rings. The van der Waals surface area contributed by atoms with Gasteiger partial charge in [-0.25, -0.2) is 4.79 Å². The Morgan fingerprint density at radius 2 is 2.10 bits per heavy atom. The molecule has 20 heavy (non-hydrogen) atoms. The molecule has 1 N–H and O–H groups in total. The second kappa shape index (κ2) is 4.59. The van der Waals surface area contributed by atoms with Gasteiger partial charge in [0.25, 0.3) is 0 Å². The van der Waals surface area contributed by atoms with Crippen LogP contribution in [-0.4, -0.2) is 50.4 Å². The van der Waals surface area contributed by atoms with Crippen molar-refractivity contribution in [3.05, 3.63) is 17.5 Å². The monoisotopic (exact) mass is 279 g/mol. The molecule has 2 aliphatic heterocycles. The molecule has 1 amide bonds. The summed E-state index contributed by atoms with van der Waals surface area (Å²) in [6.45, 7) is 3.86. The highest BCUT2D eigenvalue weighted by Crippen LogP contribution is 2.33. The summed E-state index contributed by atoms with van der Waals surface area (Å²) >= 11 is 0. The van der Waals surface area contributed by atoms with E-state index in [1.807, 2.05) is 4.90 Å². The van der Waals surface area contributed by atoms with Crippen molar-refractivity contribution in [2.24, 2.45) is 0 Å². The van der Waals surface area contributed by atoms with Crippen LogP contribution in [-0.2, 0) is 22.7 Å². The van der Waals surface area contributed by atoms with E-state index in [0.29, 0.717) is 26.2 Å². The van der Waals surface area contributed by atoms with Crippen molar-refractivity contribution < 1.29 is 19.4 Å². The molecule has 1 fully saturated rings. The molecule has 0 aliphatic carbocycles. The van der Waals surface area contributed by atoms with Crippen LogP contribution in [0.1, 0.15) is 35.9 Å². The van der Waals surface area contributed by atoms with Gasteiger partial charge in [0.15, 0.2) is 5.69 Å². The van der Waals surface area contributed by atoms with Gasteiger partial charge in [-0.2, -0.15) is 5.10 Å². The van der Waals surface area contributed by atoms with Crippen molar-refractivity contribution in [3.63, 3.8) is 0 Å². The maximum atomic E-state index is 11.3. The van der Waals surface area contributed by atoms with E-state index in [1.54, 1.807) is 17.7 Å². The van der Waals surface area contributed by atoms with Gasteiger partial charge in [0, 0.05) is 20.0 Å². The normalized spacial score (nSPS) is 20.8. The molecule has 0 bridgehead atoms. The maximum absolute atomic E-state index is 11.3. The minimum atomic E-state index is -1.02. The molecule has 108 valence electrons. The van der Waals surface area contributed by atoms with Crippen LogP contribution in [0.3, 0.4) is 0 Å². The SMILES string of the molecule is CC(=O)N1CCC2(CC1)Cn1nc(C(=O)O)cc1CO2. The molecule has 1 aromatic rings. The van der Waals surface area contributed by atoms with Gasteiger partial charge in [0.1, 0.15) is 0 Å². The topological polar surface area (TPSA) is 84.7 Å². The number of likely N-dealkylation sites (tertiary alicyclic amines) is 1. The molecule has 7 heteroatoms. The van der Waals surface area contributed by atoms with Crippen molar-refractivity contribution >= 4 is 11.9 Å². The van der Waals surface area contributed by atoms with E-state index in [2.05, 4.69) is 5.10 Å². The highest BCUT2D eigenvalue weighted by atomic mass is 16.5. The smallest absolute Gasteiger partial charge is 0.356 e. The first kappa shape index (κ1) is 13.1. The Kier molecular flexibility index (Phi) is 3.01. The number of hydrogen-bond acceptors (Lipinski definition) is 4. The Morgan fingerprint density at radius 3 is 2.70 bits per heavy atom. The largest absolute Gasteiger partial charge is 0.476 e. The molecule has 0 unspecified atom stereocenters. The summed E-state index contributed by atoms with van der Waals surface area (Å²) in [4.78, 5) is 24.1. The number of aromatic carboxylic acids is 1. The van der Waals surface area contributed by atoms with E-state index < -0.39 is 5.97 Å². The van der Waals surface area contributed by atoms with Gasteiger partial charge >= 0.3 is 5.97 Å². The fourth-order valence-corrected chi connectivity index (χ4v) is 2.89. The van der Waals surface area contributed by atoms with E-state index in [4.69, 9.17) is 9.84 Å². The molecule has 3 heterocycles. The Balaban J connectivity index is 1.75. The summed E-state index contributed by atoms with van der Waals surface area (Å²) in [5.41, 5.74) is 0.532. The number of hydrogen-bond donors (Lipinski definition) is 1. The summed E-state index contributed by atoms with van der Waals surface area (Å²) < 4.78 is 7.69. The quantitative estimate of drug-likeness (QED) is 0.809. The van der Waals surface area contributed by atoms with Crippen molar-refractivity contribution in [2.75, 3.05) is 13.1 Å². The number of carboxylic acids is 1. The van der Waals surface area contributed by atoms with Crippen LogP contribution in [0.4, 0.5) is 0 Å². The van der Waals surface area contributed by atoms with Crippen LogP contribution in [0.5, 0.6) is 0 Å². The molecule has 1 saturated heterocycles. The number of carboxylic acid groups (broad SMARTS) is 1. The third kappa shape index (κ3) is 2.18. The Morgan fingerprint density at radius 1 is 1.40 bits per heavy atom. The zero-order chi connectivity index (χ0) is 14.3. The number of fused-ring (bicyclic) bond motifs is 1. The molecule has 1 aromatic heterocycles. The standard InChI is InChI=1S/C13H17N3O4/c1-9(17)15-4-2-13(3-5-15)8-16-10(7-20-13)6-11(14-16)12(18)19/h6H,2-5,7-8H2,1H3,(H,18,19). The second-order valence-corrected chi connectivity index (χ2v) is 5.46. The average molecular weight is 279 g/mol. The van der Waals surface area contributed by atoms with Gasteiger partial charge in [-0.15, -0.1) is 0 Å². The third-order valence-electron chi connectivity index (χ3n) is 4.17. The van der Waals surface area contributed by atoms with Gasteiger partial charge in [-0.3, -0.25) is 9.48 Å². The molecule has 0 saturated carbocycles. The predicted octanol–water partition coefficient (Wildman–Crippen LogP) is 0.493. The number of rotatable bonds is 1. The summed E-state index contributed by atoms with van der Waals surface area (Å²) in [7, 11) is 0. The highest BCUT2D eigenvalue weighted by Gasteiger charge is 2.40. The van der Waals surface area contributed by atoms with E-state index >= 15 is 0 Å². The van der Waals surface area contributed by atoms with Crippen LogP contribution in [0.25, 0.3) is 0 Å². The molecule has 3 rings (SSSR count). The number of nitrogens with zero attached hydrogens (tertiary/aromatic N) is 3. The minimum absolute atomic E-state index is 0.0572. The first-order valence-electron chi connectivity index (χ1n) is 6.69. The van der Waals surface area contributed by atoms with Crippen LogP contribution >= 0.6 is 0 Å². The number of carbonyl (C=O) groups is 2. The Labute approximate surface area is 116 Å². The number of amides is 1. The van der Waals surface area contributed by atoms with Crippen molar-refractivity contribution in [3.8, 4) is 0 Å². The Bertz CT molecular complexity index is 558. The minimum Gasteiger partial charge on any atom is -0.476 e. The number of piperidine rings is 1. The number of aromatic nitrogens is 2. The second-order valence-electron chi connectivity index (χ2n) is 5.46. The number of ether oxygens (including phenoxy) is 1. The number of carbonyl (C=O) groups excluding carboxylic acids is 1. The fraction of sp³-hybridized carbons (Fsp3) is 0.615. The molecular weight excluding hydrogens is 262 g/mol. The lowest BCUT2D eigenvalue weighted by Crippen LogP contribution is -2.51. The van der Waals surface area contributed by atoms with Gasteiger partial charge < -0.3 is 14.7 Å². The van der Waals surface area contributed by atoms with Crippen LogP contribution in [0.15, 0.2) is 6.07 Å². The average Bonchev–Trinajstić information content (AvgIpc) is 2.82. The first-order valence-corrected chi connectivity index (χ1v) is 6.69. The molecule has 0 radical (unpaired) electrons. The van der Waals surface area contributed by atoms with Crippen LogP contribution < -0.4 is 0 Å². The highest BCUT2D eigenvalue weighted by molar-refractivity contribution is 5.85. The van der Waals surface area contributed by atoms with Crippen LogP contribution in [0, 0.1) is 0 Å². The maximum Gasteiger partial charge on any atom is 0.356 e. The van der Waals surface area contributed by atoms with Gasteiger partial charge in [0.05, 0.1) is 24.4 Å². The molecule has 7 nitrogen and oxygen atoms in total. The predicted molar refractivity (Wildman–Crippen MR) is 68.2 cm³/mol. The lowest BCUT2D eigenvalue weighted by atomic mass is 9.90. The van der Waals surface area contributed by atoms with E-state index in [-0.39, 0.29) is 17.2 Å². The van der Waals surface area contributed by atoms with Crippen LogP contribution in [0.2, 0.25) is 0 Å². The van der Waals surface area contributed by atoms with E-state index in [1.165, 1.54) is 0 Å². The van der Waals surface area contributed by atoms with Crippen molar-refractivity contribution in [1.82, 2.24) is 14.7 Å². The van der Waals surface area contributed by atoms with Gasteiger partial charge in [-0.1, -0.05) is 0 Å². The zero-order valence-electron chi connectivity index (χ0n) is 11.3. The summed E-state index contributed by atoms with van der Waals surface area (Å²) in [5, 5.41) is 13.1. The third-order valence-corrected chi connectivity index (χ3v) is 4.17. The molecule has 0 aromatic carbocycles. The van der Waals surface area contributed by atoms with E-state index in [0.717, 1.165) is 18.5 Å². The first-order chi connectivity index (χ1) is 9.49. The Hall–Kier alpha value is -1.89. The van der Waals surface area contributed by atoms with Crippen molar-refractivity contribution in [2.45, 2.75) is 38.5 Å².